The van der Waals surface area contributed by atoms with Crippen molar-refractivity contribution < 1.29 is 9.21 Å². The predicted octanol–water partition coefficient (Wildman–Crippen LogP) is 2.63. The van der Waals surface area contributed by atoms with E-state index in [0.717, 1.165) is 38.5 Å². The van der Waals surface area contributed by atoms with Crippen LogP contribution in [0.2, 0.25) is 0 Å². The van der Waals surface area contributed by atoms with E-state index in [2.05, 4.69) is 11.4 Å². The molecule has 4 heteroatoms. The molecule has 4 nitrogen and oxygen atoms in total. The van der Waals surface area contributed by atoms with Crippen LogP contribution in [-0.4, -0.2) is 11.4 Å². The van der Waals surface area contributed by atoms with Gasteiger partial charge in [0.2, 0.25) is 0 Å². The van der Waals surface area contributed by atoms with E-state index >= 15 is 0 Å². The van der Waals surface area contributed by atoms with Gasteiger partial charge in [-0.05, 0) is 25.0 Å². The Morgan fingerprint density at radius 1 is 1.35 bits per heavy atom. The molecule has 1 aliphatic carbocycles. The van der Waals surface area contributed by atoms with Crippen molar-refractivity contribution in [1.29, 1.82) is 5.26 Å². The summed E-state index contributed by atoms with van der Waals surface area (Å²) in [7, 11) is 0. The van der Waals surface area contributed by atoms with Gasteiger partial charge in [-0.25, -0.2) is 0 Å². The molecule has 0 aromatic carbocycles. The van der Waals surface area contributed by atoms with Gasteiger partial charge < -0.3 is 9.73 Å². The number of hydrogen-bond acceptors (Lipinski definition) is 3. The SMILES string of the molecule is N#CC1(NC(=O)c2ccco2)CCCCCC1. The number of amides is 1. The zero-order valence-corrected chi connectivity index (χ0v) is 9.74. The summed E-state index contributed by atoms with van der Waals surface area (Å²) in [4.78, 5) is 11.9. The zero-order valence-electron chi connectivity index (χ0n) is 9.74. The van der Waals surface area contributed by atoms with E-state index in [1.165, 1.54) is 6.26 Å². The van der Waals surface area contributed by atoms with Gasteiger partial charge >= 0.3 is 0 Å². The minimum absolute atomic E-state index is 0.267. The topological polar surface area (TPSA) is 66.0 Å². The van der Waals surface area contributed by atoms with Crippen LogP contribution in [0.5, 0.6) is 0 Å². The fraction of sp³-hybridized carbons (Fsp3) is 0.538. The summed E-state index contributed by atoms with van der Waals surface area (Å²) in [5, 5.41) is 12.1. The normalized spacial score (nSPS) is 19.0. The van der Waals surface area contributed by atoms with Crippen molar-refractivity contribution in [3.05, 3.63) is 24.2 Å². The van der Waals surface area contributed by atoms with E-state index in [0.29, 0.717) is 0 Å². The molecule has 1 N–H and O–H groups in total. The highest BCUT2D eigenvalue weighted by Gasteiger charge is 2.33. The lowest BCUT2D eigenvalue weighted by molar-refractivity contribution is 0.0884. The molecule has 90 valence electrons. The number of rotatable bonds is 2. The number of furan rings is 1. The number of nitrogens with zero attached hydrogens (tertiary/aromatic N) is 1. The number of nitrogens with one attached hydrogen (secondary N) is 1. The molecule has 1 fully saturated rings. The van der Waals surface area contributed by atoms with E-state index in [1.807, 2.05) is 0 Å². The smallest absolute Gasteiger partial charge is 0.288 e. The second kappa shape index (κ2) is 5.05. The Bertz CT molecular complexity index is 409. The zero-order chi connectivity index (χ0) is 12.1. The second-order valence-electron chi connectivity index (χ2n) is 4.54. The van der Waals surface area contributed by atoms with Gasteiger partial charge in [0.1, 0.15) is 5.54 Å². The van der Waals surface area contributed by atoms with Gasteiger partial charge in [0.25, 0.3) is 5.91 Å². The molecule has 0 saturated heterocycles. The van der Waals surface area contributed by atoms with E-state index in [4.69, 9.17) is 4.42 Å². The fourth-order valence-electron chi connectivity index (χ4n) is 2.28. The van der Waals surface area contributed by atoms with Crippen molar-refractivity contribution >= 4 is 5.91 Å². The lowest BCUT2D eigenvalue weighted by atomic mass is 9.92. The first-order valence-electron chi connectivity index (χ1n) is 6.03. The van der Waals surface area contributed by atoms with Crippen LogP contribution in [-0.2, 0) is 0 Å². The first-order chi connectivity index (χ1) is 8.26. The van der Waals surface area contributed by atoms with Gasteiger partial charge in [-0.2, -0.15) is 5.26 Å². The van der Waals surface area contributed by atoms with Crippen LogP contribution < -0.4 is 5.32 Å². The van der Waals surface area contributed by atoms with Crippen LogP contribution in [0.3, 0.4) is 0 Å². The van der Waals surface area contributed by atoms with Crippen LogP contribution in [0, 0.1) is 11.3 Å². The molecule has 1 amide bonds. The van der Waals surface area contributed by atoms with Gasteiger partial charge in [0.05, 0.1) is 12.3 Å². The maximum Gasteiger partial charge on any atom is 0.288 e. The van der Waals surface area contributed by atoms with Gasteiger partial charge in [-0.1, -0.05) is 25.7 Å². The summed E-state index contributed by atoms with van der Waals surface area (Å²) >= 11 is 0. The Balaban J connectivity index is 2.09. The Hall–Kier alpha value is -1.76. The Morgan fingerprint density at radius 3 is 2.59 bits per heavy atom. The third-order valence-corrected chi connectivity index (χ3v) is 3.27. The van der Waals surface area contributed by atoms with E-state index < -0.39 is 5.54 Å². The molecule has 0 bridgehead atoms. The average Bonchev–Trinajstić information content (AvgIpc) is 2.78. The molecular formula is C13H16N2O2. The molecule has 0 aliphatic heterocycles. The largest absolute Gasteiger partial charge is 0.459 e. The summed E-state index contributed by atoms with van der Waals surface area (Å²) in [5.74, 6) is -0.0256. The van der Waals surface area contributed by atoms with E-state index in [1.54, 1.807) is 12.1 Å². The highest BCUT2D eigenvalue weighted by Crippen LogP contribution is 2.26. The molecule has 1 aromatic heterocycles. The summed E-state index contributed by atoms with van der Waals surface area (Å²) < 4.78 is 5.04. The quantitative estimate of drug-likeness (QED) is 0.797. The minimum atomic E-state index is -0.708. The highest BCUT2D eigenvalue weighted by molar-refractivity contribution is 5.92. The third kappa shape index (κ3) is 2.68. The minimum Gasteiger partial charge on any atom is -0.459 e. The van der Waals surface area contributed by atoms with Crippen molar-refractivity contribution in [2.24, 2.45) is 0 Å². The van der Waals surface area contributed by atoms with Crippen molar-refractivity contribution in [3.63, 3.8) is 0 Å². The van der Waals surface area contributed by atoms with Crippen LogP contribution >= 0.6 is 0 Å². The molecule has 2 rings (SSSR count). The Labute approximate surface area is 101 Å². The van der Waals surface area contributed by atoms with E-state index in [-0.39, 0.29) is 11.7 Å². The fourth-order valence-corrected chi connectivity index (χ4v) is 2.28. The number of hydrogen-bond donors (Lipinski definition) is 1. The summed E-state index contributed by atoms with van der Waals surface area (Å²) in [5.41, 5.74) is -0.708. The first-order valence-corrected chi connectivity index (χ1v) is 6.03. The molecular weight excluding hydrogens is 216 g/mol. The molecule has 1 heterocycles. The average molecular weight is 232 g/mol. The molecule has 17 heavy (non-hydrogen) atoms. The number of nitriles is 1. The van der Waals surface area contributed by atoms with Gasteiger partial charge in [-0.3, -0.25) is 4.79 Å². The van der Waals surface area contributed by atoms with Crippen LogP contribution in [0.25, 0.3) is 0 Å². The number of carbonyl (C=O) groups excluding carboxylic acids is 1. The highest BCUT2D eigenvalue weighted by atomic mass is 16.3. The molecule has 0 unspecified atom stereocenters. The summed E-state index contributed by atoms with van der Waals surface area (Å²) in [6.45, 7) is 0. The molecule has 0 spiro atoms. The van der Waals surface area contributed by atoms with E-state index in [9.17, 15) is 10.1 Å². The monoisotopic (exact) mass is 232 g/mol. The molecule has 0 radical (unpaired) electrons. The number of carbonyl (C=O) groups is 1. The molecule has 0 atom stereocenters. The van der Waals surface area contributed by atoms with Gasteiger partial charge in [-0.15, -0.1) is 0 Å². The second-order valence-corrected chi connectivity index (χ2v) is 4.54. The lowest BCUT2D eigenvalue weighted by Crippen LogP contribution is -2.46. The maximum absolute atomic E-state index is 11.9. The summed E-state index contributed by atoms with van der Waals surface area (Å²) in [6, 6.07) is 5.55. The van der Waals surface area contributed by atoms with Crippen LogP contribution in [0.15, 0.2) is 22.8 Å². The van der Waals surface area contributed by atoms with Crippen molar-refractivity contribution in [3.8, 4) is 6.07 Å². The Kier molecular flexibility index (Phi) is 3.48. The van der Waals surface area contributed by atoms with Crippen LogP contribution in [0.1, 0.15) is 49.1 Å². The lowest BCUT2D eigenvalue weighted by Gasteiger charge is -2.25. The molecule has 1 aliphatic rings. The van der Waals surface area contributed by atoms with Crippen LogP contribution in [0.4, 0.5) is 0 Å². The molecule has 1 aromatic rings. The van der Waals surface area contributed by atoms with Crippen molar-refractivity contribution in [2.45, 2.75) is 44.1 Å². The van der Waals surface area contributed by atoms with Gasteiger partial charge in [0.15, 0.2) is 5.76 Å². The van der Waals surface area contributed by atoms with Gasteiger partial charge in [0, 0.05) is 0 Å². The standard InChI is InChI=1S/C13H16N2O2/c14-10-13(7-3-1-2-4-8-13)15-12(16)11-6-5-9-17-11/h5-6,9H,1-4,7-8H2,(H,15,16). The predicted molar refractivity (Wildman–Crippen MR) is 62.2 cm³/mol. The summed E-state index contributed by atoms with van der Waals surface area (Å²) in [6.07, 6.45) is 7.19. The van der Waals surface area contributed by atoms with Crippen molar-refractivity contribution in [1.82, 2.24) is 5.32 Å². The Morgan fingerprint density at radius 2 is 2.06 bits per heavy atom. The first kappa shape index (κ1) is 11.7. The van der Waals surface area contributed by atoms with Crippen molar-refractivity contribution in [2.75, 3.05) is 0 Å². The molecule has 1 saturated carbocycles. The third-order valence-electron chi connectivity index (χ3n) is 3.27. The maximum atomic E-state index is 11.9.